The monoisotopic (exact) mass is 504 g/mol. The Bertz CT molecular complexity index is 1110. The number of pyridine rings is 1. The average molecular weight is 504 g/mol. The van der Waals surface area contributed by atoms with Crippen LogP contribution in [0.1, 0.15) is 37.9 Å². The number of benzene rings is 1. The van der Waals surface area contributed by atoms with Crippen LogP contribution in [0.2, 0.25) is 0 Å². The summed E-state index contributed by atoms with van der Waals surface area (Å²) >= 11 is 0. The molecule has 0 aliphatic carbocycles. The highest BCUT2D eigenvalue weighted by Gasteiger charge is 2.65. The van der Waals surface area contributed by atoms with Gasteiger partial charge in [-0.05, 0) is 32.0 Å². The number of anilines is 1. The molecule has 1 aromatic heterocycles. The molecule has 0 radical (unpaired) electrons. The Hall–Kier alpha value is -2.83. The van der Waals surface area contributed by atoms with E-state index in [4.69, 9.17) is 9.47 Å². The molecular weight excluding hydrogens is 479 g/mol. The van der Waals surface area contributed by atoms with E-state index in [9.17, 15) is 37.0 Å². The van der Waals surface area contributed by atoms with Crippen LogP contribution in [0.4, 0.5) is 27.6 Å². The van der Waals surface area contributed by atoms with Crippen molar-refractivity contribution in [2.75, 3.05) is 19.0 Å². The number of nitrogens with one attached hydrogen (secondary N) is 1. The van der Waals surface area contributed by atoms with Crippen molar-refractivity contribution in [2.45, 2.75) is 50.2 Å². The smallest absolute Gasteiger partial charge is 0.417 e. The lowest BCUT2D eigenvalue weighted by Gasteiger charge is -2.32. The Labute approximate surface area is 197 Å². The number of carbonyl (C=O) groups is 1. The van der Waals surface area contributed by atoms with Gasteiger partial charge in [0, 0.05) is 29.3 Å². The number of aromatic nitrogens is 1. The fourth-order valence-corrected chi connectivity index (χ4v) is 4.14. The van der Waals surface area contributed by atoms with E-state index in [1.165, 1.54) is 32.2 Å². The molecule has 0 spiro atoms. The molecular formula is C23H25F5N2O5. The lowest BCUT2D eigenvalue weighted by molar-refractivity contribution is -0.272. The zero-order chi connectivity index (χ0) is 26.3. The molecule has 1 amide bonds. The van der Waals surface area contributed by atoms with E-state index in [0.717, 1.165) is 26.2 Å². The third-order valence-electron chi connectivity index (χ3n) is 6.46. The van der Waals surface area contributed by atoms with E-state index in [-0.39, 0.29) is 16.9 Å². The number of rotatable bonds is 6. The summed E-state index contributed by atoms with van der Waals surface area (Å²) in [6, 6.07) is 4.36. The summed E-state index contributed by atoms with van der Waals surface area (Å²) in [6.45, 7) is 2.59. The molecule has 0 unspecified atom stereocenters. The summed E-state index contributed by atoms with van der Waals surface area (Å²) in [5.41, 5.74) is -4.64. The fourth-order valence-electron chi connectivity index (χ4n) is 4.14. The largest absolute Gasteiger partial charge is 0.493 e. The van der Waals surface area contributed by atoms with Crippen molar-refractivity contribution in [3.8, 4) is 5.75 Å². The molecule has 192 valence electrons. The average Bonchev–Trinajstić information content (AvgIpc) is 3.07. The van der Waals surface area contributed by atoms with Crippen LogP contribution in [0.15, 0.2) is 30.5 Å². The number of amides is 1. The van der Waals surface area contributed by atoms with E-state index in [1.54, 1.807) is 0 Å². The minimum atomic E-state index is -4.89. The van der Waals surface area contributed by atoms with E-state index >= 15 is 0 Å². The highest BCUT2D eigenvalue weighted by Crippen LogP contribution is 2.55. The SMILES string of the molecule is COc1c([C@H]2[C@H](C(=O)Nc3ccnc([C@@](C)(O)CO)c3)O[C@@](C)(C(F)(F)F)[C@H]2C)ccc(F)c1F. The second-order valence-corrected chi connectivity index (χ2v) is 8.79. The molecule has 0 bridgehead atoms. The van der Waals surface area contributed by atoms with Crippen LogP contribution in [0.25, 0.3) is 0 Å². The number of methoxy groups -OCH3 is 1. The molecule has 7 nitrogen and oxygen atoms in total. The maximum absolute atomic E-state index is 14.4. The zero-order valence-corrected chi connectivity index (χ0v) is 19.3. The normalized spacial score (nSPS) is 26.3. The van der Waals surface area contributed by atoms with Crippen molar-refractivity contribution in [1.29, 1.82) is 0 Å². The maximum atomic E-state index is 14.4. The zero-order valence-electron chi connectivity index (χ0n) is 19.3. The number of alkyl halides is 3. The predicted octanol–water partition coefficient (Wildman–Crippen LogP) is 3.65. The van der Waals surface area contributed by atoms with Gasteiger partial charge < -0.3 is 25.0 Å². The molecule has 1 fully saturated rings. The lowest BCUT2D eigenvalue weighted by atomic mass is 9.77. The Morgan fingerprint density at radius 2 is 1.94 bits per heavy atom. The third kappa shape index (κ3) is 4.69. The van der Waals surface area contributed by atoms with Crippen molar-refractivity contribution in [2.24, 2.45) is 5.92 Å². The van der Waals surface area contributed by atoms with Gasteiger partial charge in [-0.15, -0.1) is 0 Å². The van der Waals surface area contributed by atoms with Gasteiger partial charge in [-0.2, -0.15) is 17.6 Å². The van der Waals surface area contributed by atoms with E-state index in [2.05, 4.69) is 10.3 Å². The molecule has 1 aliphatic heterocycles. The van der Waals surface area contributed by atoms with Crippen LogP contribution in [0.3, 0.4) is 0 Å². The van der Waals surface area contributed by atoms with Crippen molar-refractivity contribution in [3.05, 3.63) is 53.4 Å². The van der Waals surface area contributed by atoms with Crippen LogP contribution in [0.5, 0.6) is 5.75 Å². The van der Waals surface area contributed by atoms with Crippen molar-refractivity contribution < 1.29 is 46.4 Å². The van der Waals surface area contributed by atoms with Crippen molar-refractivity contribution >= 4 is 11.6 Å². The van der Waals surface area contributed by atoms with E-state index in [0.29, 0.717) is 0 Å². The summed E-state index contributed by atoms with van der Waals surface area (Å²) in [7, 11) is 1.03. The quantitative estimate of drug-likeness (QED) is 0.520. The number of nitrogens with zero attached hydrogens (tertiary/aromatic N) is 1. The molecule has 3 N–H and O–H groups in total. The Morgan fingerprint density at radius 3 is 2.51 bits per heavy atom. The predicted molar refractivity (Wildman–Crippen MR) is 114 cm³/mol. The molecule has 5 atom stereocenters. The standard InChI is InChI=1S/C23H25F5N2O5/c1-11-16(13-5-6-14(24)17(25)18(13)34-4)19(35-22(11,3)23(26,27)28)20(32)30-12-7-8-29-15(9-12)21(2,33)10-31/h5-9,11,16,19,31,33H,10H2,1-4H3,(H,29,30,32)/t11-,16-,19+,21-,22+/m0/s1. The van der Waals surface area contributed by atoms with Crippen LogP contribution in [0, 0.1) is 17.6 Å². The molecule has 3 rings (SSSR count). The van der Waals surface area contributed by atoms with Gasteiger partial charge in [-0.25, -0.2) is 4.39 Å². The van der Waals surface area contributed by atoms with Gasteiger partial charge in [0.15, 0.2) is 17.2 Å². The third-order valence-corrected chi connectivity index (χ3v) is 6.46. The first-order valence-electron chi connectivity index (χ1n) is 10.5. The minimum absolute atomic E-state index is 0.00235. The van der Waals surface area contributed by atoms with E-state index < -0.39 is 65.2 Å². The van der Waals surface area contributed by atoms with Crippen LogP contribution < -0.4 is 10.1 Å². The first-order chi connectivity index (χ1) is 16.2. The number of aliphatic hydroxyl groups excluding tert-OH is 1. The number of aliphatic hydroxyl groups is 2. The molecule has 0 saturated carbocycles. The number of ether oxygens (including phenoxy) is 2. The number of hydrogen-bond acceptors (Lipinski definition) is 6. The molecule has 1 aliphatic rings. The molecule has 1 aromatic carbocycles. The van der Waals surface area contributed by atoms with E-state index in [1.807, 2.05) is 0 Å². The van der Waals surface area contributed by atoms with Crippen molar-refractivity contribution in [3.63, 3.8) is 0 Å². The number of carbonyl (C=O) groups excluding carboxylic acids is 1. The van der Waals surface area contributed by atoms with Gasteiger partial charge in [0.2, 0.25) is 5.82 Å². The molecule has 2 heterocycles. The van der Waals surface area contributed by atoms with Crippen molar-refractivity contribution in [1.82, 2.24) is 4.98 Å². The first-order valence-corrected chi connectivity index (χ1v) is 10.5. The Kier molecular flexibility index (Phi) is 7.13. The maximum Gasteiger partial charge on any atom is 0.417 e. The van der Waals surface area contributed by atoms with Gasteiger partial charge in [0.25, 0.3) is 5.91 Å². The fraction of sp³-hybridized carbons (Fsp3) is 0.478. The van der Waals surface area contributed by atoms with Gasteiger partial charge in [-0.3, -0.25) is 9.78 Å². The van der Waals surface area contributed by atoms with Gasteiger partial charge in [0.05, 0.1) is 19.4 Å². The minimum Gasteiger partial charge on any atom is -0.493 e. The van der Waals surface area contributed by atoms with Crippen LogP contribution >= 0.6 is 0 Å². The number of halogens is 5. The highest BCUT2D eigenvalue weighted by atomic mass is 19.4. The summed E-state index contributed by atoms with van der Waals surface area (Å²) in [6.07, 6.45) is -5.44. The summed E-state index contributed by atoms with van der Waals surface area (Å²) < 4.78 is 80.5. The number of hydrogen-bond donors (Lipinski definition) is 3. The molecule has 35 heavy (non-hydrogen) atoms. The molecule has 1 saturated heterocycles. The van der Waals surface area contributed by atoms with Crippen LogP contribution in [-0.4, -0.2) is 52.7 Å². The molecule has 12 heteroatoms. The first kappa shape index (κ1) is 26.8. The Balaban J connectivity index is 2.06. The highest BCUT2D eigenvalue weighted by molar-refractivity contribution is 5.95. The summed E-state index contributed by atoms with van der Waals surface area (Å²) in [5.74, 6) is -7.06. The van der Waals surface area contributed by atoms with Gasteiger partial charge in [0.1, 0.15) is 11.7 Å². The summed E-state index contributed by atoms with van der Waals surface area (Å²) in [5, 5.41) is 22.0. The summed E-state index contributed by atoms with van der Waals surface area (Å²) in [4.78, 5) is 17.1. The second-order valence-electron chi connectivity index (χ2n) is 8.79. The molecule has 2 aromatic rings. The van der Waals surface area contributed by atoms with Gasteiger partial charge >= 0.3 is 6.18 Å². The topological polar surface area (TPSA) is 101 Å². The van der Waals surface area contributed by atoms with Gasteiger partial charge in [-0.1, -0.05) is 13.0 Å². The Morgan fingerprint density at radius 1 is 1.29 bits per heavy atom. The lowest BCUT2D eigenvalue weighted by Crippen LogP contribution is -2.47. The van der Waals surface area contributed by atoms with Crippen LogP contribution in [-0.2, 0) is 15.1 Å². The second kappa shape index (κ2) is 9.32.